The van der Waals surface area contributed by atoms with Crippen molar-refractivity contribution in [3.63, 3.8) is 0 Å². The molecule has 0 saturated heterocycles. The topological polar surface area (TPSA) is 0 Å². The van der Waals surface area contributed by atoms with E-state index in [9.17, 15) is 0 Å². The molecule has 0 spiro atoms. The van der Waals surface area contributed by atoms with Gasteiger partial charge in [0, 0.05) is 4.43 Å². The van der Waals surface area contributed by atoms with Crippen molar-refractivity contribution in [2.75, 3.05) is 10.6 Å². The van der Waals surface area contributed by atoms with Crippen LogP contribution < -0.4 is 10.6 Å². The van der Waals surface area contributed by atoms with Crippen molar-refractivity contribution in [2.24, 2.45) is 0 Å². The monoisotopic (exact) mass is 433 g/mol. The first kappa shape index (κ1) is 18.2. The highest BCUT2D eigenvalue weighted by Gasteiger charge is 2.44. The molecule has 0 bridgehead atoms. The molecule has 0 atom stereocenters. The van der Waals surface area contributed by atoms with E-state index in [0.717, 1.165) is 10.6 Å². The summed E-state index contributed by atoms with van der Waals surface area (Å²) in [5.41, 5.74) is 0. The molecule has 0 fully saturated rings. The smallest absolute Gasteiger partial charge is 0.0989 e. The fourth-order valence-electron chi connectivity index (χ4n) is 2.97. The molecule has 2 aromatic rings. The third-order valence-corrected chi connectivity index (χ3v) is 9.28. The van der Waals surface area contributed by atoms with Crippen molar-refractivity contribution in [3.05, 3.63) is 97.4 Å². The molecule has 0 saturated carbocycles. The molecule has 0 nitrogen and oxygen atoms in total. The quantitative estimate of drug-likeness (QED) is 0.216. The number of hydrogen-bond donors (Lipinski definition) is 0. The van der Waals surface area contributed by atoms with Crippen molar-refractivity contribution in [3.8, 4) is 0 Å². The van der Waals surface area contributed by atoms with E-state index in [1.54, 1.807) is 0 Å². The van der Waals surface area contributed by atoms with Gasteiger partial charge in [0.15, 0.2) is 0 Å². The third kappa shape index (κ3) is 4.02. The Hall–Kier alpha value is -1.18. The number of alkyl halides is 1. The van der Waals surface area contributed by atoms with Crippen LogP contribution in [-0.2, 0) is 0 Å². The Labute approximate surface area is 154 Å². The predicted octanol–water partition coefficient (Wildman–Crippen LogP) is 5.74. The number of benzene rings is 2. The van der Waals surface area contributed by atoms with Gasteiger partial charge in [-0.1, -0.05) is 78.2 Å². The molecule has 0 aliphatic rings. The van der Waals surface area contributed by atoms with E-state index in [2.05, 4.69) is 102 Å². The van der Waals surface area contributed by atoms with Crippen LogP contribution in [0.25, 0.3) is 0 Å². The van der Waals surface area contributed by atoms with Crippen LogP contribution in [0, 0.1) is 0 Å². The van der Waals surface area contributed by atoms with Gasteiger partial charge in [-0.05, 0) is 42.8 Å². The van der Waals surface area contributed by atoms with Crippen LogP contribution in [-0.4, -0.2) is 10.6 Å². The van der Waals surface area contributed by atoms with E-state index in [1.165, 1.54) is 22.3 Å². The van der Waals surface area contributed by atoms with Crippen LogP contribution in [0.3, 0.4) is 0 Å². The van der Waals surface area contributed by atoms with E-state index in [4.69, 9.17) is 0 Å². The first-order chi connectivity index (χ1) is 11.3. The highest BCUT2D eigenvalue weighted by Crippen LogP contribution is 2.64. The van der Waals surface area contributed by atoms with E-state index < -0.39 is 7.26 Å². The van der Waals surface area contributed by atoms with Crippen molar-refractivity contribution in [1.82, 2.24) is 0 Å². The molecule has 118 valence electrons. The Kier molecular flexibility index (Phi) is 7.26. The van der Waals surface area contributed by atoms with E-state index in [1.807, 2.05) is 12.2 Å². The fourth-order valence-corrected chi connectivity index (χ4v) is 8.29. The normalized spacial score (nSPS) is 12.0. The van der Waals surface area contributed by atoms with E-state index in [0.29, 0.717) is 0 Å². The van der Waals surface area contributed by atoms with Crippen LogP contribution in [0.2, 0.25) is 0 Å². The zero-order valence-corrected chi connectivity index (χ0v) is 16.4. The minimum Gasteiger partial charge on any atom is -0.0989 e. The molecule has 2 heteroatoms. The molecule has 0 aliphatic heterocycles. The molecular weight excluding hydrogens is 410 g/mol. The van der Waals surface area contributed by atoms with Crippen molar-refractivity contribution in [2.45, 2.75) is 6.42 Å². The number of allylic oxidation sites excluding steroid dienone is 4. The van der Waals surface area contributed by atoms with Crippen LogP contribution in [0.5, 0.6) is 0 Å². The summed E-state index contributed by atoms with van der Waals surface area (Å²) < 4.78 is 1.16. The molecule has 23 heavy (non-hydrogen) atoms. The molecule has 2 rings (SSSR count). The van der Waals surface area contributed by atoms with Gasteiger partial charge < -0.3 is 0 Å². The first-order valence-electron chi connectivity index (χ1n) is 7.80. The van der Waals surface area contributed by atoms with Gasteiger partial charge >= 0.3 is 0 Å². The summed E-state index contributed by atoms with van der Waals surface area (Å²) in [7, 11) is -1.68. The lowest BCUT2D eigenvalue weighted by Gasteiger charge is -2.28. The number of hydrogen-bond acceptors (Lipinski definition) is 0. The second-order valence-electron chi connectivity index (χ2n) is 5.28. The maximum absolute atomic E-state index is 4.11. The Balaban J connectivity index is 2.75. The van der Waals surface area contributed by atoms with E-state index >= 15 is 0 Å². The van der Waals surface area contributed by atoms with Crippen molar-refractivity contribution < 1.29 is 0 Å². The summed E-state index contributed by atoms with van der Waals surface area (Å²) in [4.78, 5) is 0. The summed E-state index contributed by atoms with van der Waals surface area (Å²) in [6, 6.07) is 21.8. The summed E-state index contributed by atoms with van der Waals surface area (Å²) in [6.07, 6.45) is 8.43. The summed E-state index contributed by atoms with van der Waals surface area (Å²) in [6.45, 7) is 8.04. The Bertz CT molecular complexity index is 619. The SMILES string of the molecule is C=C/C=C(\C=C)[P+](CCCI)(c1ccccc1)c1ccccc1. The molecule has 0 unspecified atom stereocenters. The van der Waals surface area contributed by atoms with Gasteiger partial charge in [-0.3, -0.25) is 0 Å². The first-order valence-corrected chi connectivity index (χ1v) is 11.3. The molecule has 0 radical (unpaired) electrons. The van der Waals surface area contributed by atoms with Crippen LogP contribution in [0.1, 0.15) is 6.42 Å². The lowest BCUT2D eigenvalue weighted by Crippen LogP contribution is -2.26. The highest BCUT2D eigenvalue weighted by atomic mass is 127. The predicted molar refractivity (Wildman–Crippen MR) is 116 cm³/mol. The second kappa shape index (κ2) is 9.20. The third-order valence-electron chi connectivity index (χ3n) is 3.96. The Morgan fingerprint density at radius 1 is 0.913 bits per heavy atom. The van der Waals surface area contributed by atoms with Gasteiger partial charge in [0.1, 0.15) is 23.2 Å². The maximum atomic E-state index is 4.11. The lowest BCUT2D eigenvalue weighted by atomic mass is 10.4. The fraction of sp³-hybridized carbons (Fsp3) is 0.143. The van der Waals surface area contributed by atoms with Gasteiger partial charge in [0.2, 0.25) is 0 Å². The van der Waals surface area contributed by atoms with Gasteiger partial charge in [0.05, 0.1) is 6.16 Å². The molecule has 0 N–H and O–H groups in total. The second-order valence-corrected chi connectivity index (χ2v) is 9.97. The summed E-state index contributed by atoms with van der Waals surface area (Å²) in [5.74, 6) is 0. The standard InChI is InChI=1S/C21H23IP/c1-3-12-19(4-2)23(18-11-17-22,20-13-7-5-8-14-20)21-15-9-6-10-16-21/h3-10,12-16H,1-2,11,17-18H2/q+1/b19-12+. The molecule has 0 aliphatic carbocycles. The van der Waals surface area contributed by atoms with Crippen LogP contribution >= 0.6 is 29.9 Å². The minimum absolute atomic E-state index is 1.16. The molecular formula is C21H23IP+. The Morgan fingerprint density at radius 2 is 1.43 bits per heavy atom. The Morgan fingerprint density at radius 3 is 1.83 bits per heavy atom. The minimum atomic E-state index is -1.68. The maximum Gasteiger partial charge on any atom is 0.112 e. The average molecular weight is 433 g/mol. The highest BCUT2D eigenvalue weighted by molar-refractivity contribution is 14.1. The van der Waals surface area contributed by atoms with Crippen LogP contribution in [0.4, 0.5) is 0 Å². The molecule has 0 heterocycles. The van der Waals surface area contributed by atoms with Gasteiger partial charge in [-0.2, -0.15) is 0 Å². The lowest BCUT2D eigenvalue weighted by molar-refractivity contribution is 1.13. The van der Waals surface area contributed by atoms with E-state index in [-0.39, 0.29) is 0 Å². The summed E-state index contributed by atoms with van der Waals surface area (Å²) in [5, 5.41) is 4.16. The van der Waals surface area contributed by atoms with Crippen molar-refractivity contribution in [1.29, 1.82) is 0 Å². The number of rotatable bonds is 8. The van der Waals surface area contributed by atoms with Crippen molar-refractivity contribution >= 4 is 40.5 Å². The van der Waals surface area contributed by atoms with Crippen LogP contribution in [0.15, 0.2) is 97.4 Å². The number of halogens is 1. The van der Waals surface area contributed by atoms with Gasteiger partial charge in [-0.15, -0.1) is 0 Å². The van der Waals surface area contributed by atoms with Gasteiger partial charge in [-0.25, -0.2) is 0 Å². The average Bonchev–Trinajstić information content (AvgIpc) is 2.63. The molecule has 0 aromatic heterocycles. The largest absolute Gasteiger partial charge is 0.112 e. The zero-order chi connectivity index (χ0) is 16.5. The molecule has 0 amide bonds. The zero-order valence-electron chi connectivity index (χ0n) is 13.4. The summed E-state index contributed by atoms with van der Waals surface area (Å²) >= 11 is 2.48. The van der Waals surface area contributed by atoms with Gasteiger partial charge in [0.25, 0.3) is 0 Å². The molecule has 2 aromatic carbocycles.